The van der Waals surface area contributed by atoms with E-state index in [4.69, 9.17) is 23.4 Å². The molecule has 0 saturated heterocycles. The Morgan fingerprint density at radius 3 is 2.61 bits per heavy atom. The van der Waals surface area contributed by atoms with Crippen molar-refractivity contribution in [1.82, 2.24) is 10.2 Å². The number of fused-ring (bicyclic) bond motifs is 1. The van der Waals surface area contributed by atoms with Gasteiger partial charge in [0.2, 0.25) is 5.91 Å². The van der Waals surface area contributed by atoms with Gasteiger partial charge < -0.3 is 43.8 Å². The van der Waals surface area contributed by atoms with Crippen LogP contribution in [0.1, 0.15) is 47.6 Å². The number of methoxy groups -OCH3 is 2. The number of amides is 2. The maximum absolute atomic E-state index is 14.2. The number of benzene rings is 2. The van der Waals surface area contributed by atoms with Crippen molar-refractivity contribution in [3.8, 4) is 17.2 Å². The first-order chi connectivity index (χ1) is 22.1. The van der Waals surface area contributed by atoms with E-state index in [2.05, 4.69) is 5.32 Å². The van der Waals surface area contributed by atoms with Gasteiger partial charge in [-0.25, -0.2) is 0 Å². The van der Waals surface area contributed by atoms with Crippen molar-refractivity contribution in [2.45, 2.75) is 51.0 Å². The lowest BCUT2D eigenvalue weighted by atomic mass is 9.88. The number of carbonyl (C=O) groups is 3. The van der Waals surface area contributed by atoms with E-state index in [1.54, 1.807) is 30.3 Å². The maximum atomic E-state index is 14.2. The predicted octanol–water partition coefficient (Wildman–Crippen LogP) is 3.74. The fourth-order valence-electron chi connectivity index (χ4n) is 5.25. The molecule has 2 amide bonds. The van der Waals surface area contributed by atoms with Crippen LogP contribution < -0.4 is 19.5 Å². The number of hydrogen-bond donors (Lipinski definition) is 3. The molecule has 0 aliphatic heterocycles. The van der Waals surface area contributed by atoms with Gasteiger partial charge in [0.1, 0.15) is 18.5 Å². The van der Waals surface area contributed by atoms with Crippen LogP contribution in [0.25, 0.3) is 11.0 Å². The third kappa shape index (κ3) is 8.18. The van der Waals surface area contributed by atoms with Crippen molar-refractivity contribution < 1.29 is 48.0 Å². The number of hydrogen-bond acceptors (Lipinski definition) is 10. The fraction of sp³-hybridized carbons (Fsp3) is 0.424. The lowest BCUT2D eigenvalue weighted by Crippen LogP contribution is -2.55. The molecular formula is C33H39IN2O10. The molecule has 1 heterocycles. The van der Waals surface area contributed by atoms with Crippen molar-refractivity contribution in [1.29, 1.82) is 0 Å². The molecule has 1 aliphatic carbocycles. The Hall–Kier alpha value is -3.66. The van der Waals surface area contributed by atoms with E-state index in [1.165, 1.54) is 31.3 Å². The molecule has 0 bridgehead atoms. The van der Waals surface area contributed by atoms with E-state index >= 15 is 0 Å². The van der Waals surface area contributed by atoms with E-state index in [9.17, 15) is 24.6 Å². The molecule has 12 nitrogen and oxygen atoms in total. The first-order valence-corrected chi connectivity index (χ1v) is 16.0. The number of nitrogens with one attached hydrogen (secondary N) is 1. The number of para-hydroxylation sites is 1. The smallest absolute Gasteiger partial charge is 0.289 e. The number of aliphatic hydroxyl groups is 2. The molecule has 4 rings (SSSR count). The molecule has 3 atom stereocenters. The Balaban J connectivity index is 1.75. The van der Waals surface area contributed by atoms with Crippen LogP contribution in [0.3, 0.4) is 0 Å². The minimum absolute atomic E-state index is 0.00305. The van der Waals surface area contributed by atoms with Crippen molar-refractivity contribution in [3.63, 3.8) is 0 Å². The van der Waals surface area contributed by atoms with Crippen LogP contribution in [-0.4, -0.2) is 98.1 Å². The number of halogens is 1. The number of nitrogens with zero attached hydrogens (tertiary/aromatic N) is 1. The molecule has 3 aromatic rings. The predicted molar refractivity (Wildman–Crippen MR) is 178 cm³/mol. The van der Waals surface area contributed by atoms with E-state index in [-0.39, 0.29) is 55.1 Å². The van der Waals surface area contributed by atoms with Crippen LogP contribution in [-0.2, 0) is 9.53 Å². The van der Waals surface area contributed by atoms with Gasteiger partial charge in [-0.3, -0.25) is 14.4 Å². The SMILES string of the molecule is COc1cc(C=O)cc(I)c1OC1C=C(C(=O)NCCO)CC(N(CCCOC(C)C)C(=O)c2cc3cccc(OC)c3o2)C1O. The Kier molecular flexibility index (Phi) is 12.4. The summed E-state index contributed by atoms with van der Waals surface area (Å²) in [6, 6.07) is 9.13. The minimum Gasteiger partial charge on any atom is -0.493 e. The second-order valence-electron chi connectivity index (χ2n) is 10.9. The van der Waals surface area contributed by atoms with Crippen LogP contribution >= 0.6 is 22.6 Å². The van der Waals surface area contributed by atoms with Crippen molar-refractivity contribution in [3.05, 3.63) is 62.9 Å². The van der Waals surface area contributed by atoms with Crippen molar-refractivity contribution >= 4 is 51.7 Å². The molecule has 0 fully saturated rings. The first-order valence-electron chi connectivity index (χ1n) is 14.9. The summed E-state index contributed by atoms with van der Waals surface area (Å²) < 4.78 is 29.5. The quantitative estimate of drug-likeness (QED) is 0.119. The van der Waals surface area contributed by atoms with Gasteiger partial charge in [0, 0.05) is 42.6 Å². The van der Waals surface area contributed by atoms with Gasteiger partial charge in [-0.05, 0) is 73.2 Å². The lowest BCUT2D eigenvalue weighted by Gasteiger charge is -2.40. The molecule has 13 heteroatoms. The van der Waals surface area contributed by atoms with E-state index in [0.717, 1.165) is 0 Å². The Morgan fingerprint density at radius 1 is 1.17 bits per heavy atom. The number of ether oxygens (including phenoxy) is 4. The minimum atomic E-state index is -1.30. The highest BCUT2D eigenvalue weighted by Crippen LogP contribution is 2.37. The standard InChI is InChI=1S/C33H39IN2O10/c1-19(2)44-12-6-10-36(33(41)28-16-21-7-5-8-25(42-3)30(21)46-28)24-15-22(32(40)35-9-11-37)17-26(29(24)39)45-31-23(34)13-20(18-38)14-27(31)43-4/h5,7-8,13-14,16-19,24,26,29,37,39H,6,9-12,15H2,1-4H3,(H,35,40). The summed E-state index contributed by atoms with van der Waals surface area (Å²) in [6.45, 7) is 4.11. The van der Waals surface area contributed by atoms with Gasteiger partial charge in [-0.2, -0.15) is 0 Å². The number of aldehydes is 1. The monoisotopic (exact) mass is 750 g/mol. The highest BCUT2D eigenvalue weighted by Gasteiger charge is 2.41. The number of carbonyl (C=O) groups excluding carboxylic acids is 3. The van der Waals surface area contributed by atoms with Gasteiger partial charge in [0.25, 0.3) is 5.91 Å². The summed E-state index contributed by atoms with van der Waals surface area (Å²) >= 11 is 2.00. The summed E-state index contributed by atoms with van der Waals surface area (Å²) in [5.41, 5.74) is 1.04. The third-order valence-corrected chi connectivity index (χ3v) is 8.25. The second-order valence-corrected chi connectivity index (χ2v) is 12.1. The topological polar surface area (TPSA) is 157 Å². The van der Waals surface area contributed by atoms with Gasteiger partial charge >= 0.3 is 0 Å². The van der Waals surface area contributed by atoms with E-state index in [0.29, 0.717) is 45.2 Å². The summed E-state index contributed by atoms with van der Waals surface area (Å²) in [5.74, 6) is 0.0620. The zero-order chi connectivity index (χ0) is 33.4. The number of rotatable bonds is 15. The van der Waals surface area contributed by atoms with Crippen LogP contribution in [0.2, 0.25) is 0 Å². The molecule has 3 unspecified atom stereocenters. The van der Waals surface area contributed by atoms with E-state index < -0.39 is 30.1 Å². The Labute approximate surface area is 280 Å². The van der Waals surface area contributed by atoms with Crippen molar-refractivity contribution in [2.24, 2.45) is 0 Å². The lowest BCUT2D eigenvalue weighted by molar-refractivity contribution is -0.118. The average Bonchev–Trinajstić information content (AvgIpc) is 3.50. The maximum Gasteiger partial charge on any atom is 0.289 e. The number of aliphatic hydroxyl groups excluding tert-OH is 2. The fourth-order valence-corrected chi connectivity index (χ4v) is 6.01. The van der Waals surface area contributed by atoms with Gasteiger partial charge in [0.05, 0.1) is 36.5 Å². The average molecular weight is 751 g/mol. The summed E-state index contributed by atoms with van der Waals surface area (Å²) in [4.78, 5) is 40.4. The molecule has 0 radical (unpaired) electrons. The third-order valence-electron chi connectivity index (χ3n) is 7.45. The molecule has 2 aromatic carbocycles. The van der Waals surface area contributed by atoms with Crippen LogP contribution in [0.15, 0.2) is 52.5 Å². The van der Waals surface area contributed by atoms with Gasteiger partial charge in [-0.1, -0.05) is 12.1 Å². The van der Waals surface area contributed by atoms with E-state index in [1.807, 2.05) is 36.4 Å². The number of furan rings is 1. The largest absolute Gasteiger partial charge is 0.493 e. The molecule has 46 heavy (non-hydrogen) atoms. The van der Waals surface area contributed by atoms with Crippen molar-refractivity contribution in [2.75, 3.05) is 40.5 Å². The molecule has 3 N–H and O–H groups in total. The summed E-state index contributed by atoms with van der Waals surface area (Å²) in [5, 5.41) is 24.5. The molecule has 0 saturated carbocycles. The van der Waals surface area contributed by atoms with Crippen LogP contribution in [0.5, 0.6) is 17.2 Å². The Bertz CT molecular complexity index is 1570. The Morgan fingerprint density at radius 2 is 1.93 bits per heavy atom. The van der Waals surface area contributed by atoms with Gasteiger partial charge in [-0.15, -0.1) is 0 Å². The molecular weight excluding hydrogens is 711 g/mol. The second kappa shape index (κ2) is 16.3. The van der Waals surface area contributed by atoms with Crippen LogP contribution in [0.4, 0.5) is 0 Å². The first kappa shape index (κ1) is 35.2. The molecule has 248 valence electrons. The summed E-state index contributed by atoms with van der Waals surface area (Å²) in [6.07, 6.45) is 0.216. The zero-order valence-corrected chi connectivity index (χ0v) is 28.3. The zero-order valence-electron chi connectivity index (χ0n) is 26.2. The molecule has 1 aliphatic rings. The van der Waals surface area contributed by atoms with Crippen LogP contribution in [0, 0.1) is 3.57 Å². The summed E-state index contributed by atoms with van der Waals surface area (Å²) in [7, 11) is 2.94. The highest BCUT2D eigenvalue weighted by molar-refractivity contribution is 14.1. The normalized spacial score (nSPS) is 17.8. The molecule has 0 spiro atoms. The molecule has 1 aromatic heterocycles. The highest BCUT2D eigenvalue weighted by atomic mass is 127. The van der Waals surface area contributed by atoms with Gasteiger partial charge in [0.15, 0.2) is 28.6 Å².